The van der Waals surface area contributed by atoms with Gasteiger partial charge in [-0.25, -0.2) is 0 Å². The maximum Gasteiger partial charge on any atom is 0.252 e. The predicted molar refractivity (Wildman–Crippen MR) is 83.7 cm³/mol. The highest BCUT2D eigenvalue weighted by atomic mass is 35.5. The lowest BCUT2D eigenvalue weighted by atomic mass is 10.2. The van der Waals surface area contributed by atoms with E-state index in [2.05, 4.69) is 19.7 Å². The van der Waals surface area contributed by atoms with E-state index in [1.54, 1.807) is 18.2 Å². The Morgan fingerprint density at radius 3 is 1.76 bits per heavy atom. The van der Waals surface area contributed by atoms with E-state index in [1.165, 1.54) is 12.1 Å². The Kier molecular flexibility index (Phi) is 7.12. The van der Waals surface area contributed by atoms with Crippen LogP contribution in [0.5, 0.6) is 17.2 Å². The third-order valence-electron chi connectivity index (χ3n) is 2.31. The minimum atomic E-state index is -0.614. The second kappa shape index (κ2) is 8.87. The Labute approximate surface area is 129 Å². The van der Waals surface area contributed by atoms with E-state index in [4.69, 9.17) is 25.8 Å². The largest absolute Gasteiger partial charge is 0.485 e. The molecular weight excluding hydrogens is 292 g/mol. The van der Waals surface area contributed by atoms with Crippen molar-refractivity contribution in [3.05, 3.63) is 55.7 Å². The number of halogens is 1. The first-order valence-corrected chi connectivity index (χ1v) is 6.60. The molecule has 0 saturated carbocycles. The van der Waals surface area contributed by atoms with Crippen molar-refractivity contribution in [1.29, 1.82) is 0 Å². The molecule has 0 saturated heterocycles. The molecule has 0 N–H and O–H groups in total. The maximum atomic E-state index is 11.4. The van der Waals surface area contributed by atoms with Crippen molar-refractivity contribution in [2.45, 2.75) is 0 Å². The summed E-state index contributed by atoms with van der Waals surface area (Å²) in [7, 11) is 0. The number of benzene rings is 1. The summed E-state index contributed by atoms with van der Waals surface area (Å²) >= 11 is 5.52. The Balaban J connectivity index is 3.27. The van der Waals surface area contributed by atoms with Gasteiger partial charge < -0.3 is 14.2 Å². The Bertz CT molecular complexity index is 504. The van der Waals surface area contributed by atoms with E-state index in [0.29, 0.717) is 17.2 Å². The molecule has 1 aromatic carbocycles. The molecule has 1 aromatic rings. The standard InChI is InChI=1S/C16H17ClO4/c1-4-7-19-13-10-12(16(17)18)11-14(20-8-5-2)15(13)21-9-6-3/h4-6,10-11H,1-3,7-9H2. The molecule has 4 nitrogen and oxygen atoms in total. The molecule has 0 fully saturated rings. The summed E-state index contributed by atoms with van der Waals surface area (Å²) in [6.45, 7) is 11.5. The molecule has 0 unspecified atom stereocenters. The Hall–Kier alpha value is -2.20. The van der Waals surface area contributed by atoms with Crippen LogP contribution in [0.4, 0.5) is 0 Å². The van der Waals surface area contributed by atoms with Crippen LogP contribution in [0.2, 0.25) is 0 Å². The number of rotatable bonds is 10. The van der Waals surface area contributed by atoms with Gasteiger partial charge in [-0.05, 0) is 23.7 Å². The lowest BCUT2D eigenvalue weighted by molar-refractivity contribution is 0.108. The van der Waals surface area contributed by atoms with Gasteiger partial charge in [0.2, 0.25) is 5.75 Å². The predicted octanol–water partition coefficient (Wildman–Crippen LogP) is 3.76. The molecule has 112 valence electrons. The summed E-state index contributed by atoms with van der Waals surface area (Å²) in [5, 5.41) is -0.614. The molecular formula is C16H17ClO4. The summed E-state index contributed by atoms with van der Waals surface area (Å²) in [6.07, 6.45) is 4.75. The fourth-order valence-electron chi connectivity index (χ4n) is 1.49. The van der Waals surface area contributed by atoms with Crippen LogP contribution in [-0.2, 0) is 0 Å². The summed E-state index contributed by atoms with van der Waals surface area (Å²) in [6, 6.07) is 3.00. The van der Waals surface area contributed by atoms with E-state index in [0.717, 1.165) is 0 Å². The monoisotopic (exact) mass is 308 g/mol. The van der Waals surface area contributed by atoms with Gasteiger partial charge in [-0.15, -0.1) is 0 Å². The molecule has 0 aliphatic rings. The third-order valence-corrected chi connectivity index (χ3v) is 2.52. The Morgan fingerprint density at radius 1 is 0.952 bits per heavy atom. The van der Waals surface area contributed by atoms with Crippen LogP contribution < -0.4 is 14.2 Å². The molecule has 0 atom stereocenters. The van der Waals surface area contributed by atoms with Crippen molar-refractivity contribution >= 4 is 16.8 Å². The van der Waals surface area contributed by atoms with Crippen LogP contribution in [0.1, 0.15) is 10.4 Å². The maximum absolute atomic E-state index is 11.4. The molecule has 0 aromatic heterocycles. The van der Waals surface area contributed by atoms with Crippen molar-refractivity contribution in [2.75, 3.05) is 19.8 Å². The van der Waals surface area contributed by atoms with Crippen molar-refractivity contribution in [3.8, 4) is 17.2 Å². The van der Waals surface area contributed by atoms with Crippen molar-refractivity contribution in [2.24, 2.45) is 0 Å². The number of hydrogen-bond donors (Lipinski definition) is 0. The first-order chi connectivity index (χ1) is 10.1. The van der Waals surface area contributed by atoms with E-state index >= 15 is 0 Å². The van der Waals surface area contributed by atoms with Gasteiger partial charge in [0.15, 0.2) is 11.5 Å². The zero-order valence-corrected chi connectivity index (χ0v) is 12.4. The summed E-state index contributed by atoms with van der Waals surface area (Å²) in [5.74, 6) is 1.07. The highest BCUT2D eigenvalue weighted by Crippen LogP contribution is 2.39. The number of hydrogen-bond acceptors (Lipinski definition) is 4. The van der Waals surface area contributed by atoms with Crippen molar-refractivity contribution in [1.82, 2.24) is 0 Å². The average Bonchev–Trinajstić information content (AvgIpc) is 2.48. The molecule has 0 heterocycles. The van der Waals surface area contributed by atoms with Gasteiger partial charge in [-0.3, -0.25) is 4.79 Å². The lowest BCUT2D eigenvalue weighted by Crippen LogP contribution is -2.05. The number of ether oxygens (including phenoxy) is 3. The normalized spacial score (nSPS) is 9.57. The number of carbonyl (C=O) groups excluding carboxylic acids is 1. The van der Waals surface area contributed by atoms with Crippen LogP contribution in [-0.4, -0.2) is 25.1 Å². The van der Waals surface area contributed by atoms with E-state index in [-0.39, 0.29) is 25.4 Å². The van der Waals surface area contributed by atoms with Gasteiger partial charge in [0.25, 0.3) is 5.24 Å². The second-order valence-electron chi connectivity index (χ2n) is 3.87. The van der Waals surface area contributed by atoms with Gasteiger partial charge in [0.1, 0.15) is 19.8 Å². The molecule has 0 radical (unpaired) electrons. The Morgan fingerprint density at radius 2 is 1.38 bits per heavy atom. The molecule has 0 aliphatic carbocycles. The average molecular weight is 309 g/mol. The third kappa shape index (κ3) is 5.00. The zero-order valence-electron chi connectivity index (χ0n) is 11.6. The summed E-state index contributed by atoms with van der Waals surface area (Å²) in [5.41, 5.74) is 0.251. The molecule has 0 spiro atoms. The molecule has 0 amide bonds. The quantitative estimate of drug-likeness (QED) is 0.487. The van der Waals surface area contributed by atoms with Gasteiger partial charge in [-0.1, -0.05) is 38.0 Å². The van der Waals surface area contributed by atoms with Crippen LogP contribution in [0.25, 0.3) is 0 Å². The molecule has 21 heavy (non-hydrogen) atoms. The first kappa shape index (κ1) is 16.9. The molecule has 0 aliphatic heterocycles. The van der Waals surface area contributed by atoms with Crippen molar-refractivity contribution in [3.63, 3.8) is 0 Å². The van der Waals surface area contributed by atoms with Crippen LogP contribution in [0.3, 0.4) is 0 Å². The van der Waals surface area contributed by atoms with Crippen LogP contribution in [0.15, 0.2) is 50.1 Å². The molecule has 1 rings (SSSR count). The van der Waals surface area contributed by atoms with E-state index < -0.39 is 5.24 Å². The fraction of sp³-hybridized carbons (Fsp3) is 0.188. The zero-order chi connectivity index (χ0) is 15.7. The first-order valence-electron chi connectivity index (χ1n) is 6.23. The highest BCUT2D eigenvalue weighted by Gasteiger charge is 2.17. The highest BCUT2D eigenvalue weighted by molar-refractivity contribution is 6.67. The molecule has 5 heteroatoms. The summed E-state index contributed by atoms with van der Waals surface area (Å²) in [4.78, 5) is 11.4. The van der Waals surface area contributed by atoms with Crippen LogP contribution >= 0.6 is 11.6 Å². The smallest absolute Gasteiger partial charge is 0.252 e. The van der Waals surface area contributed by atoms with Crippen molar-refractivity contribution < 1.29 is 19.0 Å². The SMILES string of the molecule is C=CCOc1cc(C(=O)Cl)cc(OCC=C)c1OCC=C. The summed E-state index contributed by atoms with van der Waals surface area (Å²) < 4.78 is 16.6. The van der Waals surface area contributed by atoms with Gasteiger partial charge in [-0.2, -0.15) is 0 Å². The van der Waals surface area contributed by atoms with E-state index in [1.807, 2.05) is 0 Å². The topological polar surface area (TPSA) is 44.8 Å². The van der Waals surface area contributed by atoms with Crippen LogP contribution in [0, 0.1) is 0 Å². The van der Waals surface area contributed by atoms with Gasteiger partial charge >= 0.3 is 0 Å². The van der Waals surface area contributed by atoms with E-state index in [9.17, 15) is 4.79 Å². The number of carbonyl (C=O) groups is 1. The minimum absolute atomic E-state index is 0.251. The van der Waals surface area contributed by atoms with Gasteiger partial charge in [0.05, 0.1) is 0 Å². The minimum Gasteiger partial charge on any atom is -0.485 e. The van der Waals surface area contributed by atoms with Gasteiger partial charge in [0, 0.05) is 5.56 Å². The second-order valence-corrected chi connectivity index (χ2v) is 4.22. The lowest BCUT2D eigenvalue weighted by Gasteiger charge is -2.16. The molecule has 0 bridgehead atoms. The fourth-order valence-corrected chi connectivity index (χ4v) is 1.60.